The number of nitrogens with zero attached hydrogens (tertiary/aromatic N) is 4. The molecular weight excluding hydrogens is 308 g/mol. The van der Waals surface area contributed by atoms with Crippen LogP contribution in [0.25, 0.3) is 10.2 Å². The van der Waals surface area contributed by atoms with Crippen molar-refractivity contribution in [2.45, 2.75) is 26.4 Å². The van der Waals surface area contributed by atoms with Crippen molar-refractivity contribution >= 4 is 21.6 Å². The third kappa shape index (κ3) is 2.68. The van der Waals surface area contributed by atoms with Gasteiger partial charge in [0.1, 0.15) is 10.5 Å². The maximum Gasteiger partial charge on any atom is 0.271 e. The average Bonchev–Trinajstić information content (AvgIpc) is 2.81. The van der Waals surface area contributed by atoms with Crippen molar-refractivity contribution in [1.82, 2.24) is 19.4 Å². The molecule has 0 amide bonds. The molecule has 0 aliphatic carbocycles. The Labute approximate surface area is 138 Å². The Balaban J connectivity index is 1.63. The van der Waals surface area contributed by atoms with Crippen molar-refractivity contribution in [1.29, 1.82) is 0 Å². The number of fused-ring (bicyclic) bond motifs is 2. The molecule has 0 spiro atoms. The van der Waals surface area contributed by atoms with Crippen LogP contribution in [0.2, 0.25) is 0 Å². The van der Waals surface area contributed by atoms with Crippen LogP contribution < -0.4 is 5.56 Å². The van der Waals surface area contributed by atoms with Crippen LogP contribution in [0.1, 0.15) is 17.1 Å². The Hall–Kier alpha value is -2.05. The van der Waals surface area contributed by atoms with Gasteiger partial charge in [0.2, 0.25) is 0 Å². The molecule has 0 unspecified atom stereocenters. The summed E-state index contributed by atoms with van der Waals surface area (Å²) in [6, 6.07) is 5.99. The molecule has 0 fully saturated rings. The fraction of sp³-hybridized carbons (Fsp3) is 0.353. The van der Waals surface area contributed by atoms with E-state index in [9.17, 15) is 4.79 Å². The number of rotatable bonds is 2. The second kappa shape index (κ2) is 5.86. The first-order chi connectivity index (χ1) is 11.2. The topological polar surface area (TPSA) is 51.0 Å². The van der Waals surface area contributed by atoms with E-state index in [4.69, 9.17) is 4.98 Å². The summed E-state index contributed by atoms with van der Waals surface area (Å²) in [4.78, 5) is 24.2. The van der Waals surface area contributed by atoms with Crippen LogP contribution in [0, 0.1) is 6.92 Å². The molecular formula is C17H18N4OS. The van der Waals surface area contributed by atoms with Crippen LogP contribution in [-0.4, -0.2) is 32.5 Å². The second-order valence-corrected chi connectivity index (χ2v) is 6.81. The zero-order valence-electron chi connectivity index (χ0n) is 13.0. The largest absolute Gasteiger partial charge is 0.295 e. The highest BCUT2D eigenvalue weighted by atomic mass is 32.1. The zero-order valence-corrected chi connectivity index (χ0v) is 13.8. The van der Waals surface area contributed by atoms with E-state index in [1.165, 1.54) is 11.3 Å². The Kier molecular flexibility index (Phi) is 3.71. The molecule has 23 heavy (non-hydrogen) atoms. The quantitative estimate of drug-likeness (QED) is 0.724. The number of pyridine rings is 1. The third-order valence-corrected chi connectivity index (χ3v) is 5.41. The van der Waals surface area contributed by atoms with E-state index in [0.29, 0.717) is 6.54 Å². The van der Waals surface area contributed by atoms with Gasteiger partial charge in [-0.1, -0.05) is 6.07 Å². The van der Waals surface area contributed by atoms with Crippen molar-refractivity contribution in [2.24, 2.45) is 0 Å². The summed E-state index contributed by atoms with van der Waals surface area (Å²) in [5.74, 6) is 0.910. The van der Waals surface area contributed by atoms with Gasteiger partial charge in [0.05, 0.1) is 11.2 Å². The van der Waals surface area contributed by atoms with Crippen molar-refractivity contribution in [3.05, 3.63) is 57.2 Å². The van der Waals surface area contributed by atoms with Crippen LogP contribution in [0.4, 0.5) is 0 Å². The molecule has 4 rings (SSSR count). The van der Waals surface area contributed by atoms with E-state index in [-0.39, 0.29) is 5.56 Å². The summed E-state index contributed by atoms with van der Waals surface area (Å²) in [6.07, 6.45) is 2.62. The Morgan fingerprint density at radius 2 is 2.17 bits per heavy atom. The van der Waals surface area contributed by atoms with Gasteiger partial charge < -0.3 is 0 Å². The summed E-state index contributed by atoms with van der Waals surface area (Å²) >= 11 is 1.50. The van der Waals surface area contributed by atoms with E-state index in [1.807, 2.05) is 41.3 Å². The number of hydrogen-bond acceptors (Lipinski definition) is 5. The smallest absolute Gasteiger partial charge is 0.271 e. The SMILES string of the molecule is Cc1csc2c(=O)n3c(nc12)CCN(Cc1ccccn1)CC3. The van der Waals surface area contributed by atoms with Crippen LogP contribution in [0.5, 0.6) is 0 Å². The number of thiophene rings is 1. The van der Waals surface area contributed by atoms with Crippen molar-refractivity contribution in [3.63, 3.8) is 0 Å². The van der Waals surface area contributed by atoms with Crippen LogP contribution in [0.3, 0.4) is 0 Å². The van der Waals surface area contributed by atoms with Gasteiger partial charge in [0, 0.05) is 38.8 Å². The minimum atomic E-state index is 0.114. The fourth-order valence-corrected chi connectivity index (χ4v) is 4.01. The molecule has 3 aromatic heterocycles. The summed E-state index contributed by atoms with van der Waals surface area (Å²) in [6.45, 7) is 5.28. The van der Waals surface area contributed by atoms with Gasteiger partial charge in [0.25, 0.3) is 5.56 Å². The molecule has 0 N–H and O–H groups in total. The van der Waals surface area contributed by atoms with Crippen LogP contribution in [0.15, 0.2) is 34.6 Å². The fourth-order valence-electron chi connectivity index (χ4n) is 3.07. The maximum atomic E-state index is 12.7. The first-order valence-corrected chi connectivity index (χ1v) is 8.70. The molecule has 0 radical (unpaired) electrons. The summed E-state index contributed by atoms with van der Waals surface area (Å²) in [5, 5.41) is 2.02. The Morgan fingerprint density at radius 3 is 3.00 bits per heavy atom. The molecule has 0 saturated carbocycles. The molecule has 0 atom stereocenters. The zero-order chi connectivity index (χ0) is 15.8. The third-order valence-electron chi connectivity index (χ3n) is 4.34. The lowest BCUT2D eigenvalue weighted by Gasteiger charge is -2.18. The first kappa shape index (κ1) is 14.5. The van der Waals surface area contributed by atoms with E-state index in [1.54, 1.807) is 0 Å². The van der Waals surface area contributed by atoms with Crippen molar-refractivity contribution in [3.8, 4) is 0 Å². The minimum absolute atomic E-state index is 0.114. The molecule has 1 aliphatic heterocycles. The van der Waals surface area contributed by atoms with Crippen LogP contribution in [-0.2, 0) is 19.5 Å². The molecule has 1 aliphatic rings. The lowest BCUT2D eigenvalue weighted by molar-refractivity contribution is 0.268. The Bertz CT molecular complexity index is 900. The lowest BCUT2D eigenvalue weighted by atomic mass is 10.3. The van der Waals surface area contributed by atoms with Gasteiger partial charge in [-0.05, 0) is 30.0 Å². The van der Waals surface area contributed by atoms with Gasteiger partial charge in [-0.2, -0.15) is 0 Å². The molecule has 0 bridgehead atoms. The van der Waals surface area contributed by atoms with Gasteiger partial charge >= 0.3 is 0 Å². The molecule has 4 heterocycles. The number of aromatic nitrogens is 3. The second-order valence-electron chi connectivity index (χ2n) is 5.93. The van der Waals surface area contributed by atoms with Gasteiger partial charge in [-0.15, -0.1) is 11.3 Å². The molecule has 5 nitrogen and oxygen atoms in total. The predicted octanol–water partition coefficient (Wildman–Crippen LogP) is 2.22. The summed E-state index contributed by atoms with van der Waals surface area (Å²) < 4.78 is 2.64. The monoisotopic (exact) mass is 326 g/mol. The number of aryl methyl sites for hydroxylation is 1. The normalized spacial score (nSPS) is 15.5. The predicted molar refractivity (Wildman–Crippen MR) is 91.8 cm³/mol. The van der Waals surface area contributed by atoms with E-state index in [0.717, 1.165) is 53.4 Å². The summed E-state index contributed by atoms with van der Waals surface area (Å²) in [5.41, 5.74) is 3.16. The van der Waals surface area contributed by atoms with E-state index in [2.05, 4.69) is 9.88 Å². The van der Waals surface area contributed by atoms with Gasteiger partial charge in [-0.3, -0.25) is 19.2 Å². The average molecular weight is 326 g/mol. The van der Waals surface area contributed by atoms with Crippen molar-refractivity contribution < 1.29 is 0 Å². The number of hydrogen-bond donors (Lipinski definition) is 0. The van der Waals surface area contributed by atoms with Gasteiger partial charge in [-0.25, -0.2) is 4.98 Å². The summed E-state index contributed by atoms with van der Waals surface area (Å²) in [7, 11) is 0. The minimum Gasteiger partial charge on any atom is -0.295 e. The highest BCUT2D eigenvalue weighted by molar-refractivity contribution is 7.17. The highest BCUT2D eigenvalue weighted by Crippen LogP contribution is 2.21. The Morgan fingerprint density at radius 1 is 1.26 bits per heavy atom. The van der Waals surface area contributed by atoms with E-state index >= 15 is 0 Å². The van der Waals surface area contributed by atoms with E-state index < -0.39 is 0 Å². The maximum absolute atomic E-state index is 12.7. The van der Waals surface area contributed by atoms with Crippen molar-refractivity contribution in [2.75, 3.05) is 13.1 Å². The van der Waals surface area contributed by atoms with Crippen LogP contribution >= 0.6 is 11.3 Å². The first-order valence-electron chi connectivity index (χ1n) is 7.82. The molecule has 0 aromatic carbocycles. The highest BCUT2D eigenvalue weighted by Gasteiger charge is 2.19. The standard InChI is InChI=1S/C17H18N4OS/c1-12-11-23-16-15(12)19-14-5-7-20(8-9-21(14)17(16)22)10-13-4-2-3-6-18-13/h2-4,6,11H,5,7-10H2,1H3. The lowest BCUT2D eigenvalue weighted by Crippen LogP contribution is -2.28. The molecule has 0 saturated heterocycles. The molecule has 118 valence electrons. The molecule has 3 aromatic rings. The van der Waals surface area contributed by atoms with Gasteiger partial charge in [0.15, 0.2) is 0 Å². The molecule has 6 heteroatoms.